The fourth-order valence-corrected chi connectivity index (χ4v) is 0.635. The van der Waals surface area contributed by atoms with Gasteiger partial charge < -0.3 is 11.0 Å². The molecule has 0 amide bonds. The lowest BCUT2D eigenvalue weighted by molar-refractivity contribution is 0.823. The van der Waals surface area contributed by atoms with Gasteiger partial charge in [-0.1, -0.05) is 28.7 Å². The summed E-state index contributed by atoms with van der Waals surface area (Å²) < 4.78 is 0. The molecule has 0 aliphatic rings. The van der Waals surface area contributed by atoms with Gasteiger partial charge in [0.25, 0.3) is 0 Å². The molecule has 0 rings (SSSR count). The molecule has 4 N–H and O–H groups in total. The summed E-state index contributed by atoms with van der Waals surface area (Å²) in [5.41, 5.74) is 0. The van der Waals surface area contributed by atoms with Crippen LogP contribution in [0.5, 0.6) is 0 Å². The zero-order valence-electron chi connectivity index (χ0n) is 4.78. The molecule has 0 aliphatic heterocycles. The van der Waals surface area contributed by atoms with E-state index in [0.717, 1.165) is 18.1 Å². The Morgan fingerprint density at radius 1 is 1.12 bits per heavy atom. The van der Waals surface area contributed by atoms with Crippen molar-refractivity contribution >= 4 is 23.8 Å². The zero-order chi connectivity index (χ0) is 4.83. The molecule has 0 spiro atoms. The lowest BCUT2D eigenvalue weighted by atomic mass is 10.0. The summed E-state index contributed by atoms with van der Waals surface area (Å²) in [6.07, 6.45) is 3.17. The molecule has 0 saturated heterocycles. The highest BCUT2D eigenvalue weighted by atomic mass is 79.9. The molecule has 0 heterocycles. The first-order chi connectivity index (χ1) is 2.91. The van der Waals surface area contributed by atoms with Gasteiger partial charge in [-0.15, -0.1) is 0 Å². The van der Waals surface area contributed by atoms with Crippen molar-refractivity contribution in [2.45, 2.75) is 19.2 Å². The van der Waals surface area contributed by atoms with Crippen molar-refractivity contribution in [1.82, 2.24) is 0 Å². The van der Waals surface area contributed by atoms with Crippen LogP contribution in [0.4, 0.5) is 0 Å². The van der Waals surface area contributed by atoms with Crippen LogP contribution in [0.1, 0.15) is 12.8 Å². The highest BCUT2D eigenvalue weighted by Gasteiger charge is 1.76. The first-order valence-electron chi connectivity index (χ1n) is 2.18. The molecule has 50 valence electrons. The third-order valence-electron chi connectivity index (χ3n) is 0.588. The molecule has 0 aromatic carbocycles. The van der Waals surface area contributed by atoms with Gasteiger partial charge in [0.05, 0.1) is 7.85 Å². The van der Waals surface area contributed by atoms with E-state index in [1.165, 1.54) is 6.42 Å². The van der Waals surface area contributed by atoms with Crippen molar-refractivity contribution in [1.29, 1.82) is 0 Å². The van der Waals surface area contributed by atoms with E-state index >= 15 is 0 Å². The Morgan fingerprint density at radius 2 is 1.62 bits per heavy atom. The Balaban J connectivity index is -0.000000125. The summed E-state index contributed by atoms with van der Waals surface area (Å²) in [5.74, 6) is 0. The summed E-state index contributed by atoms with van der Waals surface area (Å²) in [6.45, 7) is 0. The average Bonchev–Trinajstić information content (AvgIpc) is 1.61. The summed E-state index contributed by atoms with van der Waals surface area (Å²) >= 11 is 3.29. The maximum Gasteiger partial charge on any atom is 0.0653 e. The molecule has 0 aliphatic carbocycles. The lowest BCUT2D eigenvalue weighted by Gasteiger charge is -1.85. The molecule has 0 aromatic rings. The third kappa shape index (κ3) is 16.1. The van der Waals surface area contributed by atoms with E-state index in [1.807, 2.05) is 0 Å². The van der Waals surface area contributed by atoms with Crippen molar-refractivity contribution in [3.63, 3.8) is 0 Å². The first-order valence-corrected chi connectivity index (χ1v) is 3.30. The molecule has 4 heteroatoms. The van der Waals surface area contributed by atoms with Crippen LogP contribution in [0.3, 0.4) is 0 Å². The molecule has 0 aromatic heterocycles. The summed E-state index contributed by atoms with van der Waals surface area (Å²) in [5, 5.41) is 1.09. The minimum absolute atomic E-state index is 0. The molecule has 2 radical (unpaired) electrons. The minimum atomic E-state index is 0. The fraction of sp³-hybridized carbons (Fsp3) is 1.00. The average molecular weight is 183 g/mol. The van der Waals surface area contributed by atoms with E-state index in [4.69, 9.17) is 7.85 Å². The standard InChI is InChI=1S/C4H8BBr.2H2O/c5-3-1-2-4-6;;/h1-4H2;2*1H2. The van der Waals surface area contributed by atoms with Crippen LogP contribution in [0.2, 0.25) is 6.32 Å². The third-order valence-corrected chi connectivity index (χ3v) is 1.15. The molecule has 0 unspecified atom stereocenters. The monoisotopic (exact) mass is 182 g/mol. The number of rotatable bonds is 3. The summed E-state index contributed by atoms with van der Waals surface area (Å²) in [4.78, 5) is 0. The summed E-state index contributed by atoms with van der Waals surface area (Å²) in [6, 6.07) is 0. The van der Waals surface area contributed by atoms with Crippen LogP contribution in [-0.4, -0.2) is 24.1 Å². The Bertz CT molecular complexity index is 26.0. The molecular weight excluding hydrogens is 171 g/mol. The van der Waals surface area contributed by atoms with Gasteiger partial charge in [-0.05, 0) is 6.42 Å². The largest absolute Gasteiger partial charge is 0.412 e. The second kappa shape index (κ2) is 15.7. The number of alkyl halides is 1. The second-order valence-corrected chi connectivity index (χ2v) is 1.98. The fourth-order valence-electron chi connectivity index (χ4n) is 0.239. The summed E-state index contributed by atoms with van der Waals surface area (Å²) in [7, 11) is 5.19. The topological polar surface area (TPSA) is 63.0 Å². The Kier molecular flexibility index (Phi) is 30.9. The quantitative estimate of drug-likeness (QED) is 0.338. The van der Waals surface area contributed by atoms with Crippen LogP contribution in [0.15, 0.2) is 0 Å². The van der Waals surface area contributed by atoms with Gasteiger partial charge >= 0.3 is 0 Å². The molecule has 2 nitrogen and oxygen atoms in total. The molecule has 0 saturated carbocycles. The van der Waals surface area contributed by atoms with E-state index in [-0.39, 0.29) is 11.0 Å². The number of halogens is 1. The van der Waals surface area contributed by atoms with Crippen LogP contribution >= 0.6 is 15.9 Å². The van der Waals surface area contributed by atoms with Gasteiger partial charge in [-0.2, -0.15) is 0 Å². The van der Waals surface area contributed by atoms with Crippen molar-refractivity contribution in [3.05, 3.63) is 0 Å². The van der Waals surface area contributed by atoms with Crippen LogP contribution in [0, 0.1) is 0 Å². The molecular formula is C4H12BBrO2. The van der Waals surface area contributed by atoms with E-state index < -0.39 is 0 Å². The van der Waals surface area contributed by atoms with Crippen LogP contribution in [0.25, 0.3) is 0 Å². The van der Waals surface area contributed by atoms with Gasteiger partial charge in [0.2, 0.25) is 0 Å². The highest BCUT2D eigenvalue weighted by Crippen LogP contribution is 1.94. The van der Waals surface area contributed by atoms with Crippen molar-refractivity contribution in [2.24, 2.45) is 0 Å². The first kappa shape index (κ1) is 15.8. The van der Waals surface area contributed by atoms with Gasteiger partial charge in [0.1, 0.15) is 0 Å². The van der Waals surface area contributed by atoms with E-state index in [2.05, 4.69) is 15.9 Å². The van der Waals surface area contributed by atoms with E-state index in [0.29, 0.717) is 0 Å². The number of hydrogen-bond acceptors (Lipinski definition) is 0. The SMILES string of the molecule is O.O.[B]CCCCBr. The van der Waals surface area contributed by atoms with Crippen molar-refractivity contribution < 1.29 is 11.0 Å². The smallest absolute Gasteiger partial charge is 0.0653 e. The second-order valence-electron chi connectivity index (χ2n) is 1.18. The Labute approximate surface area is 59.8 Å². The van der Waals surface area contributed by atoms with Gasteiger partial charge in [-0.3, -0.25) is 0 Å². The van der Waals surface area contributed by atoms with Gasteiger partial charge in [0, 0.05) is 5.33 Å². The Hall–Kier alpha value is 0.465. The zero-order valence-corrected chi connectivity index (χ0v) is 6.37. The maximum atomic E-state index is 5.19. The maximum absolute atomic E-state index is 5.19. The highest BCUT2D eigenvalue weighted by molar-refractivity contribution is 9.09. The van der Waals surface area contributed by atoms with E-state index in [9.17, 15) is 0 Å². The molecule has 8 heavy (non-hydrogen) atoms. The van der Waals surface area contributed by atoms with Crippen molar-refractivity contribution in [3.8, 4) is 0 Å². The Morgan fingerprint density at radius 3 is 1.75 bits per heavy atom. The van der Waals surface area contributed by atoms with E-state index in [1.54, 1.807) is 0 Å². The number of hydrogen-bond donors (Lipinski definition) is 0. The molecule has 0 bridgehead atoms. The van der Waals surface area contributed by atoms with Crippen LogP contribution < -0.4 is 0 Å². The lowest BCUT2D eigenvalue weighted by Crippen LogP contribution is -1.72. The van der Waals surface area contributed by atoms with Crippen molar-refractivity contribution in [2.75, 3.05) is 5.33 Å². The van der Waals surface area contributed by atoms with Gasteiger partial charge in [-0.25, -0.2) is 0 Å². The van der Waals surface area contributed by atoms with Crippen LogP contribution in [-0.2, 0) is 0 Å². The predicted molar refractivity (Wildman–Crippen MR) is 40.8 cm³/mol. The predicted octanol–water partition coefficient (Wildman–Crippen LogP) is 0.0989. The normalized spacial score (nSPS) is 6.62. The minimum Gasteiger partial charge on any atom is -0.412 e. The molecule has 0 atom stereocenters. The van der Waals surface area contributed by atoms with Gasteiger partial charge in [0.15, 0.2) is 0 Å². The number of unbranched alkanes of at least 4 members (excludes halogenated alkanes) is 1. The molecule has 0 fully saturated rings.